The number of carboxylic acids is 1. The number of halogens is 2. The SMILES string of the molecule is O=C(O)[C@H]1Cc2ccccc2CN1C(=O)Cc1ccc(F)c(F)c1. The molecular weight excluding hydrogens is 316 g/mol. The molecule has 1 atom stereocenters. The summed E-state index contributed by atoms with van der Waals surface area (Å²) >= 11 is 0. The number of carbonyl (C=O) groups is 2. The highest BCUT2D eigenvalue weighted by Crippen LogP contribution is 2.24. The van der Waals surface area contributed by atoms with Crippen LogP contribution in [0.3, 0.4) is 0 Å². The van der Waals surface area contributed by atoms with E-state index in [4.69, 9.17) is 0 Å². The minimum absolute atomic E-state index is 0.177. The number of amides is 1. The maximum absolute atomic E-state index is 13.3. The molecule has 6 heteroatoms. The van der Waals surface area contributed by atoms with Gasteiger partial charge in [-0.15, -0.1) is 0 Å². The van der Waals surface area contributed by atoms with E-state index in [2.05, 4.69) is 0 Å². The van der Waals surface area contributed by atoms with Gasteiger partial charge in [-0.05, 0) is 28.8 Å². The molecule has 1 N–H and O–H groups in total. The molecule has 0 unspecified atom stereocenters. The van der Waals surface area contributed by atoms with Gasteiger partial charge >= 0.3 is 5.97 Å². The van der Waals surface area contributed by atoms with Crippen LogP contribution in [0.15, 0.2) is 42.5 Å². The van der Waals surface area contributed by atoms with Crippen molar-refractivity contribution in [1.29, 1.82) is 0 Å². The molecule has 2 aromatic rings. The predicted molar refractivity (Wildman–Crippen MR) is 82.2 cm³/mol. The zero-order chi connectivity index (χ0) is 17.3. The van der Waals surface area contributed by atoms with Crippen LogP contribution in [0.4, 0.5) is 8.78 Å². The zero-order valence-corrected chi connectivity index (χ0v) is 12.7. The van der Waals surface area contributed by atoms with Crippen molar-refractivity contribution < 1.29 is 23.5 Å². The predicted octanol–water partition coefficient (Wildman–Crippen LogP) is 2.55. The molecule has 0 radical (unpaired) electrons. The van der Waals surface area contributed by atoms with Crippen molar-refractivity contribution in [3.8, 4) is 0 Å². The summed E-state index contributed by atoms with van der Waals surface area (Å²) in [5.74, 6) is -3.52. The number of carboxylic acid groups (broad SMARTS) is 1. The van der Waals surface area contributed by atoms with E-state index in [0.29, 0.717) is 5.56 Å². The Balaban J connectivity index is 1.84. The summed E-state index contributed by atoms with van der Waals surface area (Å²) in [6.45, 7) is 0.190. The summed E-state index contributed by atoms with van der Waals surface area (Å²) in [6, 6.07) is 9.64. The highest BCUT2D eigenvalue weighted by molar-refractivity contribution is 5.85. The van der Waals surface area contributed by atoms with Gasteiger partial charge in [0.15, 0.2) is 11.6 Å². The number of hydrogen-bond acceptors (Lipinski definition) is 2. The second kappa shape index (κ2) is 6.39. The summed E-state index contributed by atoms with van der Waals surface area (Å²) in [5, 5.41) is 9.43. The molecule has 1 aliphatic rings. The highest BCUT2D eigenvalue weighted by Gasteiger charge is 2.34. The van der Waals surface area contributed by atoms with Crippen molar-refractivity contribution in [2.75, 3.05) is 0 Å². The standard InChI is InChI=1S/C18H15F2NO3/c19-14-6-5-11(7-15(14)20)8-17(22)21-10-13-4-2-1-3-12(13)9-16(21)18(23)24/h1-7,16H,8-10H2,(H,23,24)/t16-/m1/s1. The smallest absolute Gasteiger partial charge is 0.326 e. The van der Waals surface area contributed by atoms with Gasteiger partial charge in [-0.2, -0.15) is 0 Å². The first-order valence-corrected chi connectivity index (χ1v) is 7.48. The van der Waals surface area contributed by atoms with Crippen LogP contribution in [0.25, 0.3) is 0 Å². The number of aliphatic carboxylic acids is 1. The molecule has 0 bridgehead atoms. The Hall–Kier alpha value is -2.76. The van der Waals surface area contributed by atoms with Crippen LogP contribution in [0.1, 0.15) is 16.7 Å². The molecule has 0 saturated heterocycles. The molecule has 1 amide bonds. The van der Waals surface area contributed by atoms with Gasteiger partial charge in [0.2, 0.25) is 5.91 Å². The van der Waals surface area contributed by atoms with Crippen molar-refractivity contribution in [1.82, 2.24) is 4.90 Å². The summed E-state index contributed by atoms with van der Waals surface area (Å²) in [5.41, 5.74) is 2.11. The van der Waals surface area contributed by atoms with Gasteiger partial charge in [0, 0.05) is 13.0 Å². The van der Waals surface area contributed by atoms with Crippen LogP contribution < -0.4 is 0 Å². The van der Waals surface area contributed by atoms with Gasteiger partial charge in [-0.1, -0.05) is 30.3 Å². The van der Waals surface area contributed by atoms with Crippen LogP contribution in [0, 0.1) is 11.6 Å². The lowest BCUT2D eigenvalue weighted by molar-refractivity contribution is -0.151. The molecule has 0 aromatic heterocycles. The van der Waals surface area contributed by atoms with Crippen molar-refractivity contribution in [2.24, 2.45) is 0 Å². The quantitative estimate of drug-likeness (QED) is 0.940. The summed E-state index contributed by atoms with van der Waals surface area (Å²) in [7, 11) is 0. The Morgan fingerprint density at radius 3 is 2.46 bits per heavy atom. The number of nitrogens with zero attached hydrogens (tertiary/aromatic N) is 1. The van der Waals surface area contributed by atoms with Gasteiger partial charge < -0.3 is 10.0 Å². The lowest BCUT2D eigenvalue weighted by Crippen LogP contribution is -2.49. The first-order chi connectivity index (χ1) is 11.5. The van der Waals surface area contributed by atoms with E-state index >= 15 is 0 Å². The van der Waals surface area contributed by atoms with Crippen LogP contribution in [-0.2, 0) is 29.0 Å². The van der Waals surface area contributed by atoms with E-state index in [9.17, 15) is 23.5 Å². The molecule has 0 saturated carbocycles. The fraction of sp³-hybridized carbons (Fsp3) is 0.222. The Kier molecular flexibility index (Phi) is 4.29. The summed E-state index contributed by atoms with van der Waals surface area (Å²) < 4.78 is 26.3. The third-order valence-corrected chi connectivity index (χ3v) is 4.19. The molecule has 124 valence electrons. The lowest BCUT2D eigenvalue weighted by Gasteiger charge is -2.34. The Labute approximate surface area is 137 Å². The lowest BCUT2D eigenvalue weighted by atomic mass is 9.93. The van der Waals surface area contributed by atoms with E-state index < -0.39 is 29.6 Å². The first-order valence-electron chi connectivity index (χ1n) is 7.48. The van der Waals surface area contributed by atoms with Crippen LogP contribution in [-0.4, -0.2) is 27.9 Å². The summed E-state index contributed by atoms with van der Waals surface area (Å²) in [6.07, 6.45) is 0.0537. The van der Waals surface area contributed by atoms with E-state index in [0.717, 1.165) is 23.3 Å². The monoisotopic (exact) mass is 331 g/mol. The average Bonchev–Trinajstić information content (AvgIpc) is 2.57. The van der Waals surface area contributed by atoms with Gasteiger partial charge in [0.25, 0.3) is 0 Å². The third kappa shape index (κ3) is 3.13. The van der Waals surface area contributed by atoms with Crippen LogP contribution in [0.2, 0.25) is 0 Å². The molecule has 0 fully saturated rings. The molecule has 3 rings (SSSR count). The Morgan fingerprint density at radius 1 is 1.08 bits per heavy atom. The van der Waals surface area contributed by atoms with E-state index in [1.807, 2.05) is 24.3 Å². The summed E-state index contributed by atoms with van der Waals surface area (Å²) in [4.78, 5) is 25.3. The van der Waals surface area contributed by atoms with Crippen molar-refractivity contribution in [3.05, 3.63) is 70.8 Å². The normalized spacial score (nSPS) is 16.6. The second-order valence-corrected chi connectivity index (χ2v) is 5.77. The molecule has 0 spiro atoms. The molecular formula is C18H15F2NO3. The number of carbonyl (C=O) groups excluding carboxylic acids is 1. The minimum atomic E-state index is -1.08. The highest BCUT2D eigenvalue weighted by atomic mass is 19.2. The van der Waals surface area contributed by atoms with Crippen molar-refractivity contribution in [3.63, 3.8) is 0 Å². The zero-order valence-electron chi connectivity index (χ0n) is 12.7. The minimum Gasteiger partial charge on any atom is -0.480 e. The van der Waals surface area contributed by atoms with Gasteiger partial charge in [0.1, 0.15) is 6.04 Å². The number of hydrogen-bond donors (Lipinski definition) is 1. The molecule has 4 nitrogen and oxygen atoms in total. The Bertz CT molecular complexity index is 807. The molecule has 1 aliphatic heterocycles. The van der Waals surface area contributed by atoms with Gasteiger partial charge in [0.05, 0.1) is 6.42 Å². The molecule has 24 heavy (non-hydrogen) atoms. The molecule has 1 heterocycles. The largest absolute Gasteiger partial charge is 0.480 e. The van der Waals surface area contributed by atoms with Crippen molar-refractivity contribution >= 4 is 11.9 Å². The topological polar surface area (TPSA) is 57.6 Å². The number of benzene rings is 2. The van der Waals surface area contributed by atoms with Gasteiger partial charge in [-0.25, -0.2) is 13.6 Å². The van der Waals surface area contributed by atoms with Gasteiger partial charge in [-0.3, -0.25) is 4.79 Å². The van der Waals surface area contributed by atoms with Crippen molar-refractivity contribution in [2.45, 2.75) is 25.4 Å². The fourth-order valence-electron chi connectivity index (χ4n) is 2.93. The second-order valence-electron chi connectivity index (χ2n) is 5.77. The number of rotatable bonds is 3. The maximum Gasteiger partial charge on any atom is 0.326 e. The third-order valence-electron chi connectivity index (χ3n) is 4.19. The van der Waals surface area contributed by atoms with E-state index in [1.165, 1.54) is 11.0 Å². The van der Waals surface area contributed by atoms with E-state index in [1.54, 1.807) is 0 Å². The molecule has 0 aliphatic carbocycles. The Morgan fingerprint density at radius 2 is 1.79 bits per heavy atom. The fourth-order valence-corrected chi connectivity index (χ4v) is 2.93. The molecule has 2 aromatic carbocycles. The maximum atomic E-state index is 13.3. The van der Waals surface area contributed by atoms with Crippen LogP contribution in [0.5, 0.6) is 0 Å². The average molecular weight is 331 g/mol. The van der Waals surface area contributed by atoms with Crippen LogP contribution >= 0.6 is 0 Å². The first kappa shape index (κ1) is 16.1. The van der Waals surface area contributed by atoms with E-state index in [-0.39, 0.29) is 19.4 Å². The number of fused-ring (bicyclic) bond motifs is 1.